The molecule has 0 atom stereocenters. The Bertz CT molecular complexity index is 948. The number of nitrogens with zero attached hydrogens (tertiary/aromatic N) is 1. The van der Waals surface area contributed by atoms with Crippen molar-refractivity contribution in [3.63, 3.8) is 0 Å². The monoisotopic (exact) mass is 364 g/mol. The van der Waals surface area contributed by atoms with Crippen molar-refractivity contribution in [3.05, 3.63) is 71.5 Å². The Morgan fingerprint density at radius 2 is 1.70 bits per heavy atom. The lowest BCUT2D eigenvalue weighted by atomic mass is 10.1. The van der Waals surface area contributed by atoms with Gasteiger partial charge in [0.05, 0.1) is 7.11 Å². The Labute approximate surface area is 157 Å². The van der Waals surface area contributed by atoms with Crippen LogP contribution in [0.1, 0.15) is 21.6 Å². The molecule has 0 spiro atoms. The number of aromatic nitrogens is 1. The number of hydrogen-bond acceptors (Lipinski definition) is 5. The number of rotatable bonds is 5. The average molecular weight is 364 g/mol. The van der Waals surface area contributed by atoms with Crippen molar-refractivity contribution in [1.29, 1.82) is 0 Å². The quantitative estimate of drug-likeness (QED) is 0.699. The van der Waals surface area contributed by atoms with Gasteiger partial charge in [-0.1, -0.05) is 18.2 Å². The first-order valence-electron chi connectivity index (χ1n) is 8.37. The van der Waals surface area contributed by atoms with Crippen molar-refractivity contribution in [1.82, 2.24) is 4.98 Å². The molecule has 0 fully saturated rings. The minimum absolute atomic E-state index is 0.0993. The van der Waals surface area contributed by atoms with Crippen LogP contribution in [-0.4, -0.2) is 23.1 Å². The summed E-state index contributed by atoms with van der Waals surface area (Å²) in [6.45, 7) is 3.75. The van der Waals surface area contributed by atoms with Gasteiger partial charge in [-0.05, 0) is 49.2 Å². The minimum Gasteiger partial charge on any atom is -0.503 e. The maximum absolute atomic E-state index is 12.6. The first-order valence-corrected chi connectivity index (χ1v) is 8.37. The van der Waals surface area contributed by atoms with Crippen molar-refractivity contribution in [2.75, 3.05) is 12.4 Å². The zero-order valence-corrected chi connectivity index (χ0v) is 15.3. The van der Waals surface area contributed by atoms with Crippen LogP contribution in [0.3, 0.4) is 0 Å². The van der Waals surface area contributed by atoms with Gasteiger partial charge in [-0.15, -0.1) is 0 Å². The first-order chi connectivity index (χ1) is 13.0. The molecule has 3 rings (SSSR count). The number of methoxy groups -OCH3 is 1. The van der Waals surface area contributed by atoms with Crippen molar-refractivity contribution in [2.45, 2.75) is 13.8 Å². The molecular weight excluding hydrogens is 344 g/mol. The molecule has 1 aromatic heterocycles. The van der Waals surface area contributed by atoms with Gasteiger partial charge >= 0.3 is 0 Å². The van der Waals surface area contributed by atoms with Gasteiger partial charge in [-0.25, -0.2) is 4.98 Å². The van der Waals surface area contributed by atoms with E-state index in [0.29, 0.717) is 11.4 Å². The fourth-order valence-electron chi connectivity index (χ4n) is 2.74. The van der Waals surface area contributed by atoms with Crippen LogP contribution in [0, 0.1) is 13.8 Å². The summed E-state index contributed by atoms with van der Waals surface area (Å²) in [6, 6.07) is 14.6. The highest BCUT2D eigenvalue weighted by atomic mass is 16.5. The standard InChI is InChI=1S/C21H20N2O4/c1-13-11-16(27-15-7-5-4-6-8-15)12-14(2)18(13)23-21(25)19-20(24)17(26-3)9-10-22-19/h4-12,24H,1-3H3,(H,23,25). The van der Waals surface area contributed by atoms with E-state index in [1.54, 1.807) is 0 Å². The maximum Gasteiger partial charge on any atom is 0.278 e. The normalized spacial score (nSPS) is 10.3. The fourth-order valence-corrected chi connectivity index (χ4v) is 2.74. The number of anilines is 1. The van der Waals surface area contributed by atoms with Crippen molar-refractivity contribution < 1.29 is 19.4 Å². The molecule has 138 valence electrons. The van der Waals surface area contributed by atoms with Crippen molar-refractivity contribution in [2.24, 2.45) is 0 Å². The van der Waals surface area contributed by atoms with E-state index in [9.17, 15) is 9.90 Å². The number of para-hydroxylation sites is 1. The number of aromatic hydroxyl groups is 1. The summed E-state index contributed by atoms with van der Waals surface area (Å²) in [5.41, 5.74) is 2.20. The summed E-state index contributed by atoms with van der Waals surface area (Å²) in [4.78, 5) is 16.5. The number of pyridine rings is 1. The highest BCUT2D eigenvalue weighted by Crippen LogP contribution is 2.31. The van der Waals surface area contributed by atoms with Gasteiger partial charge in [-0.2, -0.15) is 0 Å². The largest absolute Gasteiger partial charge is 0.503 e. The van der Waals surface area contributed by atoms with E-state index in [1.807, 2.05) is 56.3 Å². The van der Waals surface area contributed by atoms with E-state index < -0.39 is 5.91 Å². The second-order valence-corrected chi connectivity index (χ2v) is 6.01. The van der Waals surface area contributed by atoms with Crippen LogP contribution in [0.4, 0.5) is 5.69 Å². The Morgan fingerprint density at radius 3 is 2.33 bits per heavy atom. The van der Waals surface area contributed by atoms with Crippen LogP contribution in [0.15, 0.2) is 54.7 Å². The molecule has 0 bridgehead atoms. The highest BCUT2D eigenvalue weighted by Gasteiger charge is 2.18. The van der Waals surface area contributed by atoms with Crippen LogP contribution in [0.2, 0.25) is 0 Å². The van der Waals surface area contributed by atoms with E-state index >= 15 is 0 Å². The third-order valence-electron chi connectivity index (χ3n) is 4.05. The maximum atomic E-state index is 12.6. The van der Waals surface area contributed by atoms with Gasteiger partial charge in [0, 0.05) is 18.0 Å². The topological polar surface area (TPSA) is 80.7 Å². The highest BCUT2D eigenvalue weighted by molar-refractivity contribution is 6.05. The molecule has 1 amide bonds. The summed E-state index contributed by atoms with van der Waals surface area (Å²) in [7, 11) is 1.41. The summed E-state index contributed by atoms with van der Waals surface area (Å²) >= 11 is 0. The van der Waals surface area contributed by atoms with E-state index in [2.05, 4.69) is 10.3 Å². The van der Waals surface area contributed by atoms with Gasteiger partial charge < -0.3 is 19.9 Å². The molecule has 0 saturated heterocycles. The lowest BCUT2D eigenvalue weighted by molar-refractivity contribution is 0.101. The van der Waals surface area contributed by atoms with Gasteiger partial charge in [-0.3, -0.25) is 4.79 Å². The number of benzene rings is 2. The summed E-state index contributed by atoms with van der Waals surface area (Å²) in [5, 5.41) is 12.9. The van der Waals surface area contributed by atoms with E-state index in [4.69, 9.17) is 9.47 Å². The lowest BCUT2D eigenvalue weighted by Crippen LogP contribution is -2.15. The van der Waals surface area contributed by atoms with Gasteiger partial charge in [0.1, 0.15) is 11.5 Å². The summed E-state index contributed by atoms with van der Waals surface area (Å²) in [5.74, 6) is 0.788. The number of carbonyl (C=O) groups excluding carboxylic acids is 1. The smallest absolute Gasteiger partial charge is 0.278 e. The molecule has 0 aliphatic carbocycles. The molecule has 2 aromatic carbocycles. The van der Waals surface area contributed by atoms with Crippen molar-refractivity contribution in [3.8, 4) is 23.0 Å². The van der Waals surface area contributed by atoms with Crippen LogP contribution in [0.25, 0.3) is 0 Å². The number of aryl methyl sites for hydroxylation is 2. The summed E-state index contributed by atoms with van der Waals surface area (Å²) in [6.07, 6.45) is 1.41. The van der Waals surface area contributed by atoms with Crippen LogP contribution >= 0.6 is 0 Å². The number of hydrogen-bond donors (Lipinski definition) is 2. The van der Waals surface area contributed by atoms with Gasteiger partial charge in [0.25, 0.3) is 5.91 Å². The molecule has 0 aliphatic rings. The molecule has 1 heterocycles. The van der Waals surface area contributed by atoms with Crippen LogP contribution in [-0.2, 0) is 0 Å². The fraction of sp³-hybridized carbons (Fsp3) is 0.143. The number of amides is 1. The molecule has 0 radical (unpaired) electrons. The van der Waals surface area contributed by atoms with E-state index in [1.165, 1.54) is 19.4 Å². The van der Waals surface area contributed by atoms with E-state index in [-0.39, 0.29) is 17.2 Å². The molecule has 2 N–H and O–H groups in total. The van der Waals surface area contributed by atoms with Crippen molar-refractivity contribution >= 4 is 11.6 Å². The minimum atomic E-state index is -0.519. The molecule has 6 nitrogen and oxygen atoms in total. The third kappa shape index (κ3) is 4.00. The summed E-state index contributed by atoms with van der Waals surface area (Å²) < 4.78 is 10.9. The SMILES string of the molecule is COc1ccnc(C(=O)Nc2c(C)cc(Oc3ccccc3)cc2C)c1O. The lowest BCUT2D eigenvalue weighted by Gasteiger charge is -2.15. The third-order valence-corrected chi connectivity index (χ3v) is 4.05. The zero-order valence-electron chi connectivity index (χ0n) is 15.3. The Morgan fingerprint density at radius 1 is 1.04 bits per heavy atom. The Hall–Kier alpha value is -3.54. The Balaban J connectivity index is 1.84. The molecule has 0 aliphatic heterocycles. The number of ether oxygens (including phenoxy) is 2. The van der Waals surface area contributed by atoms with Gasteiger partial charge in [0.15, 0.2) is 17.2 Å². The predicted octanol–water partition coefficient (Wildman–Crippen LogP) is 4.46. The number of carbonyl (C=O) groups is 1. The molecule has 0 saturated carbocycles. The average Bonchev–Trinajstić information content (AvgIpc) is 2.65. The molecule has 6 heteroatoms. The number of nitrogens with one attached hydrogen (secondary N) is 1. The second-order valence-electron chi connectivity index (χ2n) is 6.01. The predicted molar refractivity (Wildman–Crippen MR) is 103 cm³/mol. The van der Waals surface area contributed by atoms with E-state index in [0.717, 1.165) is 16.9 Å². The Kier molecular flexibility index (Phi) is 5.26. The first kappa shape index (κ1) is 18.3. The van der Waals surface area contributed by atoms with Gasteiger partial charge in [0.2, 0.25) is 0 Å². The van der Waals surface area contributed by atoms with Crippen LogP contribution < -0.4 is 14.8 Å². The molecular formula is C21H20N2O4. The zero-order chi connectivity index (χ0) is 19.4. The van der Waals surface area contributed by atoms with Crippen LogP contribution in [0.5, 0.6) is 23.0 Å². The molecule has 0 unspecified atom stereocenters. The molecule has 3 aromatic rings. The second kappa shape index (κ2) is 7.78. The molecule has 27 heavy (non-hydrogen) atoms.